The lowest BCUT2D eigenvalue weighted by molar-refractivity contribution is 0.0975. The summed E-state index contributed by atoms with van der Waals surface area (Å²) in [5.74, 6) is 0.264. The third kappa shape index (κ3) is 2.14. The summed E-state index contributed by atoms with van der Waals surface area (Å²) < 4.78 is 0. The minimum Gasteiger partial charge on any atom is -0.384 e. The number of rotatable bonds is 1. The summed E-state index contributed by atoms with van der Waals surface area (Å²) in [7, 11) is 0. The number of amides is 1. The molecule has 0 spiro atoms. The minimum absolute atomic E-state index is 0.150. The number of nitrogen functional groups attached to an aromatic ring is 1. The Morgan fingerprint density at radius 2 is 2.11 bits per heavy atom. The molecule has 1 aliphatic heterocycles. The van der Waals surface area contributed by atoms with Crippen molar-refractivity contribution in [2.75, 3.05) is 17.2 Å². The summed E-state index contributed by atoms with van der Waals surface area (Å²) in [5, 5.41) is 0. The van der Waals surface area contributed by atoms with Gasteiger partial charge in [-0.1, -0.05) is 18.2 Å². The van der Waals surface area contributed by atoms with Crippen LogP contribution in [-0.4, -0.2) is 22.4 Å². The molecule has 0 atom stereocenters. The Balaban J connectivity index is 1.98. The van der Waals surface area contributed by atoms with Crippen LogP contribution in [0.2, 0.25) is 0 Å². The van der Waals surface area contributed by atoms with Crippen molar-refractivity contribution in [3.8, 4) is 0 Å². The largest absolute Gasteiger partial charge is 0.384 e. The molecule has 0 unspecified atom stereocenters. The Kier molecular flexibility index (Phi) is 2.87. The van der Waals surface area contributed by atoms with Gasteiger partial charge in [0.05, 0.1) is 0 Å². The maximum atomic E-state index is 12.5. The van der Waals surface area contributed by atoms with Crippen LogP contribution in [0, 0.1) is 0 Å². The number of aryl methyl sites for hydroxylation is 1. The van der Waals surface area contributed by atoms with E-state index in [1.165, 1.54) is 11.8 Å². The second kappa shape index (κ2) is 4.68. The van der Waals surface area contributed by atoms with Crippen molar-refractivity contribution in [3.63, 3.8) is 0 Å². The van der Waals surface area contributed by atoms with Gasteiger partial charge in [-0.05, 0) is 30.5 Å². The molecule has 2 aromatic rings. The van der Waals surface area contributed by atoms with E-state index in [2.05, 4.69) is 16.0 Å². The molecule has 5 heteroatoms. The number of hydrogen-bond donors (Lipinski definition) is 1. The zero-order valence-electron chi connectivity index (χ0n) is 10.4. The van der Waals surface area contributed by atoms with Gasteiger partial charge in [-0.25, -0.2) is 9.97 Å². The number of hydrogen-bond acceptors (Lipinski definition) is 4. The van der Waals surface area contributed by atoms with Crippen LogP contribution >= 0.6 is 0 Å². The highest BCUT2D eigenvalue weighted by Crippen LogP contribution is 2.27. The maximum absolute atomic E-state index is 12.5. The van der Waals surface area contributed by atoms with E-state index in [1.54, 1.807) is 11.0 Å². The molecule has 0 saturated carbocycles. The fraction of sp³-hybridized carbons (Fsp3) is 0.214. The summed E-state index contributed by atoms with van der Waals surface area (Å²) in [6, 6.07) is 9.50. The minimum atomic E-state index is -0.195. The van der Waals surface area contributed by atoms with Crippen molar-refractivity contribution in [2.45, 2.75) is 12.8 Å². The monoisotopic (exact) mass is 254 g/mol. The zero-order valence-corrected chi connectivity index (χ0v) is 10.4. The number of nitrogens with zero attached hydrogens (tertiary/aromatic N) is 3. The second-order valence-electron chi connectivity index (χ2n) is 4.49. The highest BCUT2D eigenvalue weighted by molar-refractivity contribution is 6.04. The number of nitrogens with two attached hydrogens (primary N) is 1. The fourth-order valence-corrected chi connectivity index (χ4v) is 2.34. The molecule has 2 N–H and O–H groups in total. The van der Waals surface area contributed by atoms with Crippen molar-refractivity contribution in [3.05, 3.63) is 47.9 Å². The average Bonchev–Trinajstić information content (AvgIpc) is 2.46. The van der Waals surface area contributed by atoms with Gasteiger partial charge in [0.2, 0.25) is 5.82 Å². The molecule has 2 heterocycles. The van der Waals surface area contributed by atoms with Crippen LogP contribution in [0.15, 0.2) is 36.5 Å². The molecule has 19 heavy (non-hydrogen) atoms. The molecule has 96 valence electrons. The first-order chi connectivity index (χ1) is 9.25. The van der Waals surface area contributed by atoms with Gasteiger partial charge in [-0.3, -0.25) is 4.79 Å². The van der Waals surface area contributed by atoms with Crippen molar-refractivity contribution < 1.29 is 4.79 Å². The van der Waals surface area contributed by atoms with Crippen LogP contribution in [0.5, 0.6) is 0 Å². The summed E-state index contributed by atoms with van der Waals surface area (Å²) in [6.45, 7) is 0.688. The first-order valence-electron chi connectivity index (χ1n) is 6.24. The molecule has 0 bridgehead atoms. The highest BCUT2D eigenvalue weighted by atomic mass is 16.2. The van der Waals surface area contributed by atoms with Gasteiger partial charge in [0.15, 0.2) is 0 Å². The number of carbonyl (C=O) groups is 1. The fourth-order valence-electron chi connectivity index (χ4n) is 2.34. The zero-order chi connectivity index (χ0) is 13.2. The quantitative estimate of drug-likeness (QED) is 0.840. The molecule has 1 aromatic heterocycles. The molecule has 5 nitrogen and oxygen atoms in total. The van der Waals surface area contributed by atoms with Crippen LogP contribution in [0.25, 0.3) is 0 Å². The Morgan fingerprint density at radius 3 is 2.95 bits per heavy atom. The summed E-state index contributed by atoms with van der Waals surface area (Å²) >= 11 is 0. The second-order valence-corrected chi connectivity index (χ2v) is 4.49. The van der Waals surface area contributed by atoms with Gasteiger partial charge in [0.25, 0.3) is 5.91 Å². The SMILES string of the molecule is Nc1ccnc(C(=O)N2CCCc3ccccc32)n1. The van der Waals surface area contributed by atoms with Crippen LogP contribution in [0.3, 0.4) is 0 Å². The standard InChI is InChI=1S/C14H14N4O/c15-12-7-8-16-13(17-12)14(19)18-9-3-5-10-4-1-2-6-11(10)18/h1-2,4,6-8H,3,5,9H2,(H2,15,16,17). The van der Waals surface area contributed by atoms with Crippen molar-refractivity contribution in [2.24, 2.45) is 0 Å². The van der Waals surface area contributed by atoms with Gasteiger partial charge in [0.1, 0.15) is 5.82 Å². The average molecular weight is 254 g/mol. The summed E-state index contributed by atoms with van der Waals surface area (Å²) in [5.41, 5.74) is 7.73. The van der Waals surface area contributed by atoms with Crippen LogP contribution < -0.4 is 10.6 Å². The van der Waals surface area contributed by atoms with Crippen molar-refractivity contribution in [1.29, 1.82) is 0 Å². The van der Waals surface area contributed by atoms with Crippen LogP contribution in [0.1, 0.15) is 22.6 Å². The van der Waals surface area contributed by atoms with Crippen molar-refractivity contribution in [1.82, 2.24) is 9.97 Å². The van der Waals surface area contributed by atoms with Crippen LogP contribution in [0.4, 0.5) is 11.5 Å². The van der Waals surface area contributed by atoms with E-state index in [-0.39, 0.29) is 11.7 Å². The van der Waals surface area contributed by atoms with Gasteiger partial charge in [-0.2, -0.15) is 0 Å². The highest BCUT2D eigenvalue weighted by Gasteiger charge is 2.24. The molecule has 1 amide bonds. The lowest BCUT2D eigenvalue weighted by Gasteiger charge is -2.28. The first kappa shape index (κ1) is 11.6. The van der Waals surface area contributed by atoms with E-state index >= 15 is 0 Å². The predicted molar refractivity (Wildman–Crippen MR) is 72.9 cm³/mol. The lowest BCUT2D eigenvalue weighted by atomic mass is 10.0. The van der Waals surface area contributed by atoms with Gasteiger partial charge in [-0.15, -0.1) is 0 Å². The molecule has 0 saturated heterocycles. The van der Waals surface area contributed by atoms with E-state index in [4.69, 9.17) is 5.73 Å². The Labute approximate surface area is 111 Å². The number of fused-ring (bicyclic) bond motifs is 1. The van der Waals surface area contributed by atoms with E-state index < -0.39 is 0 Å². The van der Waals surface area contributed by atoms with Gasteiger partial charge >= 0.3 is 0 Å². The van der Waals surface area contributed by atoms with E-state index in [1.807, 2.05) is 18.2 Å². The number of anilines is 2. The third-order valence-corrected chi connectivity index (χ3v) is 3.22. The van der Waals surface area contributed by atoms with E-state index in [0.29, 0.717) is 12.4 Å². The molecule has 1 aliphatic rings. The third-order valence-electron chi connectivity index (χ3n) is 3.22. The number of aromatic nitrogens is 2. The lowest BCUT2D eigenvalue weighted by Crippen LogP contribution is -2.36. The molecule has 1 aromatic carbocycles. The molecule has 0 fully saturated rings. The Bertz CT molecular complexity index is 626. The number of benzene rings is 1. The Morgan fingerprint density at radius 1 is 1.26 bits per heavy atom. The van der Waals surface area contributed by atoms with Gasteiger partial charge < -0.3 is 10.6 Å². The van der Waals surface area contributed by atoms with E-state index in [9.17, 15) is 4.79 Å². The predicted octanol–water partition coefficient (Wildman–Crippen LogP) is 1.65. The smallest absolute Gasteiger partial charge is 0.296 e. The van der Waals surface area contributed by atoms with E-state index in [0.717, 1.165) is 18.5 Å². The molecule has 3 rings (SSSR count). The maximum Gasteiger partial charge on any atom is 0.296 e. The molecular formula is C14H14N4O. The van der Waals surface area contributed by atoms with Crippen LogP contribution in [-0.2, 0) is 6.42 Å². The van der Waals surface area contributed by atoms with Crippen molar-refractivity contribution >= 4 is 17.4 Å². The normalized spacial score (nSPS) is 14.0. The molecular weight excluding hydrogens is 240 g/mol. The summed E-state index contributed by atoms with van der Waals surface area (Å²) in [4.78, 5) is 22.2. The molecule has 0 aliphatic carbocycles. The van der Waals surface area contributed by atoms with Gasteiger partial charge in [0, 0.05) is 18.4 Å². The topological polar surface area (TPSA) is 72.1 Å². The molecule has 0 radical (unpaired) electrons. The summed E-state index contributed by atoms with van der Waals surface area (Å²) in [6.07, 6.45) is 3.45. The number of carbonyl (C=O) groups excluding carboxylic acids is 1. The number of para-hydroxylation sites is 1. The Hall–Kier alpha value is -2.43. The first-order valence-corrected chi connectivity index (χ1v) is 6.24.